The minimum atomic E-state index is -0.298. The smallest absolute Gasteiger partial charge is 0.225 e. The summed E-state index contributed by atoms with van der Waals surface area (Å²) in [4.78, 5) is 0. The van der Waals surface area contributed by atoms with E-state index in [1.54, 1.807) is 6.07 Å². The zero-order chi connectivity index (χ0) is 13.3. The average molecular weight is 248 g/mol. The van der Waals surface area contributed by atoms with Crippen molar-refractivity contribution in [1.29, 1.82) is 0 Å². The van der Waals surface area contributed by atoms with E-state index >= 15 is 0 Å². The molecular weight excluding hydrogens is 231 g/mol. The topological polar surface area (TPSA) is 52.0 Å². The summed E-state index contributed by atoms with van der Waals surface area (Å²) in [5.74, 6) is 0.381. The van der Waals surface area contributed by atoms with Crippen LogP contribution >= 0.6 is 0 Å². The van der Waals surface area contributed by atoms with Gasteiger partial charge in [0, 0.05) is 11.1 Å². The number of nitrogens with zero attached hydrogens (tertiary/aromatic N) is 1. The molecule has 3 nitrogen and oxygen atoms in total. The predicted octanol–water partition coefficient (Wildman–Crippen LogP) is 3.57. The van der Waals surface area contributed by atoms with Crippen LogP contribution in [-0.4, -0.2) is 5.16 Å². The molecule has 0 atom stereocenters. The fourth-order valence-corrected chi connectivity index (χ4v) is 1.95. The molecular formula is C14H17FN2O. The minimum absolute atomic E-state index is 0.277. The molecule has 4 heteroatoms. The molecule has 2 N–H and O–H groups in total. The van der Waals surface area contributed by atoms with Crippen LogP contribution in [0.5, 0.6) is 0 Å². The first-order valence-corrected chi connectivity index (χ1v) is 5.99. The van der Waals surface area contributed by atoms with Crippen LogP contribution in [0, 0.1) is 18.7 Å². The molecule has 1 aromatic carbocycles. The van der Waals surface area contributed by atoms with Crippen molar-refractivity contribution >= 4 is 5.88 Å². The molecule has 2 aromatic rings. The fourth-order valence-electron chi connectivity index (χ4n) is 1.95. The second kappa shape index (κ2) is 4.80. The van der Waals surface area contributed by atoms with Gasteiger partial charge in [0.1, 0.15) is 11.5 Å². The molecule has 1 heterocycles. The zero-order valence-corrected chi connectivity index (χ0v) is 10.8. The van der Waals surface area contributed by atoms with Crippen molar-refractivity contribution in [2.75, 3.05) is 5.73 Å². The van der Waals surface area contributed by atoms with Crippen LogP contribution in [0.2, 0.25) is 0 Å². The number of nitrogens with two attached hydrogens (primary N) is 1. The van der Waals surface area contributed by atoms with Crippen molar-refractivity contribution in [2.24, 2.45) is 5.92 Å². The van der Waals surface area contributed by atoms with Crippen molar-refractivity contribution in [3.8, 4) is 11.3 Å². The summed E-state index contributed by atoms with van der Waals surface area (Å²) < 4.78 is 18.9. The molecule has 0 aliphatic carbocycles. The number of nitrogen functional groups attached to an aromatic ring is 1. The van der Waals surface area contributed by atoms with Gasteiger partial charge >= 0.3 is 0 Å². The molecule has 0 radical (unpaired) electrons. The van der Waals surface area contributed by atoms with Crippen LogP contribution in [0.15, 0.2) is 22.7 Å². The SMILES string of the molecule is Cc1ccc(-c2noc(N)c2CC(C)C)c(F)c1. The molecule has 0 fully saturated rings. The molecule has 96 valence electrons. The van der Waals surface area contributed by atoms with Crippen molar-refractivity contribution in [2.45, 2.75) is 27.2 Å². The summed E-state index contributed by atoms with van der Waals surface area (Å²) in [6.07, 6.45) is 0.720. The van der Waals surface area contributed by atoms with Gasteiger partial charge < -0.3 is 10.3 Å². The van der Waals surface area contributed by atoms with Gasteiger partial charge in [-0.1, -0.05) is 25.1 Å². The van der Waals surface area contributed by atoms with Crippen molar-refractivity contribution in [1.82, 2.24) is 5.16 Å². The van der Waals surface area contributed by atoms with Crippen molar-refractivity contribution in [3.63, 3.8) is 0 Å². The number of anilines is 1. The normalized spacial score (nSPS) is 11.2. The highest BCUT2D eigenvalue weighted by molar-refractivity contribution is 5.67. The van der Waals surface area contributed by atoms with Crippen LogP contribution in [0.25, 0.3) is 11.3 Å². The molecule has 0 aliphatic rings. The van der Waals surface area contributed by atoms with Gasteiger partial charge in [-0.05, 0) is 37.0 Å². The largest absolute Gasteiger partial charge is 0.367 e. The van der Waals surface area contributed by atoms with Gasteiger partial charge in [0.05, 0.1) is 0 Å². The van der Waals surface area contributed by atoms with E-state index < -0.39 is 0 Å². The Balaban J connectivity index is 2.50. The maximum Gasteiger partial charge on any atom is 0.225 e. The molecule has 0 saturated heterocycles. The van der Waals surface area contributed by atoms with Crippen LogP contribution in [0.4, 0.5) is 10.3 Å². The second-order valence-electron chi connectivity index (χ2n) is 4.96. The first-order chi connectivity index (χ1) is 8.49. The maximum absolute atomic E-state index is 13.9. The van der Waals surface area contributed by atoms with Crippen molar-refractivity contribution < 1.29 is 8.91 Å². The summed E-state index contributed by atoms with van der Waals surface area (Å²) in [5.41, 5.74) is 8.37. The number of halogens is 1. The quantitative estimate of drug-likeness (QED) is 0.903. The van der Waals surface area contributed by atoms with E-state index in [-0.39, 0.29) is 11.7 Å². The summed E-state index contributed by atoms with van der Waals surface area (Å²) >= 11 is 0. The standard InChI is InChI=1S/C14H17FN2O/c1-8(2)6-11-13(17-18-14(11)16)10-5-4-9(3)7-12(10)15/h4-5,7-8H,6,16H2,1-3H3. The van der Waals surface area contributed by atoms with Crippen LogP contribution in [0.1, 0.15) is 25.0 Å². The third-order valence-corrected chi connectivity index (χ3v) is 2.81. The number of rotatable bonds is 3. The summed E-state index contributed by atoms with van der Waals surface area (Å²) in [5, 5.41) is 3.89. The predicted molar refractivity (Wildman–Crippen MR) is 69.6 cm³/mol. The third-order valence-electron chi connectivity index (χ3n) is 2.81. The third kappa shape index (κ3) is 2.37. The molecule has 0 saturated carbocycles. The Kier molecular flexibility index (Phi) is 3.36. The van der Waals surface area contributed by atoms with E-state index in [1.165, 1.54) is 6.07 Å². The number of hydrogen-bond donors (Lipinski definition) is 1. The lowest BCUT2D eigenvalue weighted by molar-refractivity contribution is 0.437. The fraction of sp³-hybridized carbons (Fsp3) is 0.357. The molecule has 0 amide bonds. The Labute approximate surface area is 106 Å². The van der Waals surface area contributed by atoms with E-state index in [0.29, 0.717) is 17.2 Å². The minimum Gasteiger partial charge on any atom is -0.367 e. The number of aryl methyl sites for hydroxylation is 1. The lowest BCUT2D eigenvalue weighted by Crippen LogP contribution is -1.99. The molecule has 18 heavy (non-hydrogen) atoms. The lowest BCUT2D eigenvalue weighted by Gasteiger charge is -2.06. The Morgan fingerprint density at radius 2 is 2.11 bits per heavy atom. The van der Waals surface area contributed by atoms with E-state index in [9.17, 15) is 4.39 Å². The number of aromatic nitrogens is 1. The molecule has 0 aliphatic heterocycles. The molecule has 2 rings (SSSR count). The Morgan fingerprint density at radius 3 is 2.72 bits per heavy atom. The van der Waals surface area contributed by atoms with Gasteiger partial charge in [-0.2, -0.15) is 0 Å². The second-order valence-corrected chi connectivity index (χ2v) is 4.96. The van der Waals surface area contributed by atoms with Gasteiger partial charge in [-0.25, -0.2) is 4.39 Å². The van der Waals surface area contributed by atoms with Gasteiger partial charge in [-0.15, -0.1) is 0 Å². The molecule has 0 spiro atoms. The first kappa shape index (κ1) is 12.6. The van der Waals surface area contributed by atoms with Crippen LogP contribution < -0.4 is 5.73 Å². The van der Waals surface area contributed by atoms with E-state index in [0.717, 1.165) is 17.5 Å². The van der Waals surface area contributed by atoms with Gasteiger partial charge in [0.25, 0.3) is 0 Å². The lowest BCUT2D eigenvalue weighted by atomic mass is 9.98. The highest BCUT2D eigenvalue weighted by Gasteiger charge is 2.19. The van der Waals surface area contributed by atoms with Crippen LogP contribution in [0.3, 0.4) is 0 Å². The molecule has 0 bridgehead atoms. The van der Waals surface area contributed by atoms with Gasteiger partial charge in [0.2, 0.25) is 5.88 Å². The Morgan fingerprint density at radius 1 is 1.39 bits per heavy atom. The summed E-state index contributed by atoms with van der Waals surface area (Å²) in [6, 6.07) is 5.05. The van der Waals surface area contributed by atoms with E-state index in [4.69, 9.17) is 10.3 Å². The average Bonchev–Trinajstić information content (AvgIpc) is 2.60. The monoisotopic (exact) mass is 248 g/mol. The van der Waals surface area contributed by atoms with E-state index in [1.807, 2.05) is 13.0 Å². The zero-order valence-electron chi connectivity index (χ0n) is 10.8. The number of benzene rings is 1. The van der Waals surface area contributed by atoms with Gasteiger partial charge in [-0.3, -0.25) is 0 Å². The highest BCUT2D eigenvalue weighted by atomic mass is 19.1. The Bertz CT molecular complexity index is 561. The van der Waals surface area contributed by atoms with Crippen LogP contribution in [-0.2, 0) is 6.42 Å². The Hall–Kier alpha value is -1.84. The summed E-state index contributed by atoms with van der Waals surface area (Å²) in [6.45, 7) is 5.99. The first-order valence-electron chi connectivity index (χ1n) is 5.99. The maximum atomic E-state index is 13.9. The molecule has 1 aromatic heterocycles. The van der Waals surface area contributed by atoms with Crippen molar-refractivity contribution in [3.05, 3.63) is 35.1 Å². The number of hydrogen-bond acceptors (Lipinski definition) is 3. The van der Waals surface area contributed by atoms with E-state index in [2.05, 4.69) is 19.0 Å². The molecule has 0 unspecified atom stereocenters. The highest BCUT2D eigenvalue weighted by Crippen LogP contribution is 2.31. The summed E-state index contributed by atoms with van der Waals surface area (Å²) in [7, 11) is 0. The van der Waals surface area contributed by atoms with Gasteiger partial charge in [0.15, 0.2) is 0 Å².